The van der Waals surface area contributed by atoms with Crippen LogP contribution in [-0.2, 0) is 28.6 Å². The SMILES string of the molecule is CCCCCCC/C=C\CCCCCCCC(=O)OC(COCCC(C(=O)O)[N+](C)(C)C)COC(=O)CCCCCCCCC. The van der Waals surface area contributed by atoms with Gasteiger partial charge in [-0.1, -0.05) is 109 Å². The highest BCUT2D eigenvalue weighted by molar-refractivity contribution is 5.72. The third-order valence-electron chi connectivity index (χ3n) is 8.16. The molecular formula is C37H70NO7+. The van der Waals surface area contributed by atoms with Crippen LogP contribution >= 0.6 is 0 Å². The third kappa shape index (κ3) is 28.1. The van der Waals surface area contributed by atoms with Gasteiger partial charge >= 0.3 is 17.9 Å². The normalized spacial score (nSPS) is 13.2. The molecule has 264 valence electrons. The zero-order valence-corrected chi connectivity index (χ0v) is 29.8. The van der Waals surface area contributed by atoms with E-state index in [1.807, 2.05) is 21.1 Å². The third-order valence-corrected chi connectivity index (χ3v) is 8.16. The van der Waals surface area contributed by atoms with Gasteiger partial charge in [0.25, 0.3) is 0 Å². The zero-order chi connectivity index (χ0) is 33.6. The maximum atomic E-state index is 12.6. The van der Waals surface area contributed by atoms with E-state index in [2.05, 4.69) is 26.0 Å². The maximum absolute atomic E-state index is 12.6. The first-order chi connectivity index (χ1) is 21.6. The van der Waals surface area contributed by atoms with Gasteiger partial charge in [-0.15, -0.1) is 0 Å². The van der Waals surface area contributed by atoms with Crippen molar-refractivity contribution in [2.75, 3.05) is 41.0 Å². The van der Waals surface area contributed by atoms with Gasteiger partial charge in [-0.3, -0.25) is 9.59 Å². The number of hydrogen-bond acceptors (Lipinski definition) is 6. The van der Waals surface area contributed by atoms with Crippen molar-refractivity contribution in [1.29, 1.82) is 0 Å². The van der Waals surface area contributed by atoms with Crippen molar-refractivity contribution >= 4 is 17.9 Å². The number of carbonyl (C=O) groups excluding carboxylic acids is 2. The van der Waals surface area contributed by atoms with E-state index in [0.29, 0.717) is 19.3 Å². The number of aliphatic carboxylic acids is 1. The number of carboxylic acid groups (broad SMARTS) is 1. The van der Waals surface area contributed by atoms with E-state index in [1.165, 1.54) is 70.6 Å². The summed E-state index contributed by atoms with van der Waals surface area (Å²) in [5.41, 5.74) is 0. The molecule has 0 aromatic rings. The fourth-order valence-corrected chi connectivity index (χ4v) is 5.26. The number of rotatable bonds is 32. The summed E-state index contributed by atoms with van der Waals surface area (Å²) in [6.45, 7) is 4.66. The molecule has 8 heteroatoms. The lowest BCUT2D eigenvalue weighted by Crippen LogP contribution is -2.50. The summed E-state index contributed by atoms with van der Waals surface area (Å²) >= 11 is 0. The number of hydrogen-bond donors (Lipinski definition) is 1. The van der Waals surface area contributed by atoms with Gasteiger partial charge in [0.1, 0.15) is 6.61 Å². The first-order valence-corrected chi connectivity index (χ1v) is 18.2. The van der Waals surface area contributed by atoms with E-state index in [1.54, 1.807) is 0 Å². The second-order valence-corrected chi connectivity index (χ2v) is 13.5. The lowest BCUT2D eigenvalue weighted by atomic mass is 10.1. The van der Waals surface area contributed by atoms with Crippen LogP contribution in [0.4, 0.5) is 0 Å². The molecule has 0 aliphatic carbocycles. The van der Waals surface area contributed by atoms with Crippen molar-refractivity contribution in [1.82, 2.24) is 0 Å². The predicted molar refractivity (Wildman–Crippen MR) is 183 cm³/mol. The molecule has 0 radical (unpaired) electrons. The fraction of sp³-hybridized carbons (Fsp3) is 0.865. The number of likely N-dealkylation sites (N-methyl/N-ethyl adjacent to an activating group) is 1. The van der Waals surface area contributed by atoms with Crippen LogP contribution in [-0.4, -0.2) is 80.6 Å². The lowest BCUT2D eigenvalue weighted by molar-refractivity contribution is -0.887. The highest BCUT2D eigenvalue weighted by atomic mass is 16.6. The number of esters is 2. The Kier molecular flexibility index (Phi) is 28.2. The van der Waals surface area contributed by atoms with Crippen LogP contribution in [0.1, 0.15) is 155 Å². The van der Waals surface area contributed by atoms with Crippen molar-refractivity contribution in [2.45, 2.75) is 167 Å². The van der Waals surface area contributed by atoms with E-state index < -0.39 is 18.1 Å². The van der Waals surface area contributed by atoms with Gasteiger partial charge in [-0.05, 0) is 38.5 Å². The minimum absolute atomic E-state index is 0.0506. The first kappa shape index (κ1) is 43.1. The molecule has 0 aliphatic rings. The zero-order valence-electron chi connectivity index (χ0n) is 29.8. The minimum atomic E-state index is -0.877. The van der Waals surface area contributed by atoms with Gasteiger partial charge in [-0.25, -0.2) is 4.79 Å². The monoisotopic (exact) mass is 641 g/mol. The van der Waals surface area contributed by atoms with E-state index in [4.69, 9.17) is 14.2 Å². The molecule has 0 amide bonds. The summed E-state index contributed by atoms with van der Waals surface area (Å²) in [6, 6.07) is -0.609. The molecule has 0 aliphatic heterocycles. The van der Waals surface area contributed by atoms with Crippen LogP contribution in [0, 0.1) is 0 Å². The Balaban J connectivity index is 4.41. The van der Waals surface area contributed by atoms with Crippen molar-refractivity contribution in [2.24, 2.45) is 0 Å². The van der Waals surface area contributed by atoms with Gasteiger partial charge in [0, 0.05) is 19.3 Å². The molecule has 0 spiro atoms. The first-order valence-electron chi connectivity index (χ1n) is 18.2. The molecule has 0 fully saturated rings. The molecule has 0 rings (SSSR count). The van der Waals surface area contributed by atoms with Gasteiger partial charge in [0.05, 0.1) is 34.4 Å². The fourth-order valence-electron chi connectivity index (χ4n) is 5.26. The molecule has 0 bridgehead atoms. The molecule has 0 aromatic heterocycles. The van der Waals surface area contributed by atoms with Crippen LogP contribution in [0.3, 0.4) is 0 Å². The van der Waals surface area contributed by atoms with Gasteiger partial charge < -0.3 is 23.8 Å². The average molecular weight is 641 g/mol. The summed E-state index contributed by atoms with van der Waals surface area (Å²) in [4.78, 5) is 36.6. The number of allylic oxidation sites excluding steroid dienone is 2. The molecule has 0 aromatic carbocycles. The van der Waals surface area contributed by atoms with E-state index in [-0.39, 0.29) is 36.2 Å². The molecule has 2 atom stereocenters. The molecule has 1 N–H and O–H groups in total. The van der Waals surface area contributed by atoms with E-state index in [9.17, 15) is 19.5 Å². The Labute approximate surface area is 276 Å². The largest absolute Gasteiger partial charge is 0.477 e. The number of carbonyl (C=O) groups is 3. The summed E-state index contributed by atoms with van der Waals surface area (Å²) in [6.07, 6.45) is 26.9. The van der Waals surface area contributed by atoms with E-state index in [0.717, 1.165) is 51.4 Å². The van der Waals surface area contributed by atoms with Crippen LogP contribution in [0.15, 0.2) is 12.2 Å². The summed E-state index contributed by atoms with van der Waals surface area (Å²) in [7, 11) is 5.51. The molecule has 2 unspecified atom stereocenters. The van der Waals surface area contributed by atoms with Crippen molar-refractivity contribution < 1.29 is 38.2 Å². The number of quaternary nitrogens is 1. The molecule has 0 saturated heterocycles. The Morgan fingerprint density at radius 2 is 1.11 bits per heavy atom. The van der Waals surface area contributed by atoms with Crippen molar-refractivity contribution in [3.63, 3.8) is 0 Å². The van der Waals surface area contributed by atoms with Gasteiger partial charge in [-0.2, -0.15) is 0 Å². The Bertz CT molecular complexity index is 762. The van der Waals surface area contributed by atoms with Crippen LogP contribution < -0.4 is 0 Å². The maximum Gasteiger partial charge on any atom is 0.362 e. The van der Waals surface area contributed by atoms with Crippen LogP contribution in [0.25, 0.3) is 0 Å². The molecule has 0 heterocycles. The standard InChI is InChI=1S/C37H69NO7/c1-6-8-10-12-14-15-16-17-18-19-20-22-24-26-28-36(40)45-33(31-43-30-29-34(37(41)42)38(3,4)5)32-44-35(39)27-25-23-21-13-11-9-7-2/h16-17,33-34H,6-15,18-32H2,1-5H3/p+1/b17-16-. The average Bonchev–Trinajstić information content (AvgIpc) is 2.98. The highest BCUT2D eigenvalue weighted by Gasteiger charge is 2.31. The Hall–Kier alpha value is -1.93. The second kappa shape index (κ2) is 29.5. The summed E-state index contributed by atoms with van der Waals surface area (Å²) < 4.78 is 17.1. The minimum Gasteiger partial charge on any atom is -0.477 e. The van der Waals surface area contributed by atoms with Crippen molar-refractivity contribution in [3.05, 3.63) is 12.2 Å². The quantitative estimate of drug-likeness (QED) is 0.0339. The van der Waals surface area contributed by atoms with Crippen molar-refractivity contribution in [3.8, 4) is 0 Å². The predicted octanol–water partition coefficient (Wildman–Crippen LogP) is 8.80. The number of ether oxygens (including phenoxy) is 3. The van der Waals surface area contributed by atoms with Gasteiger partial charge in [0.2, 0.25) is 0 Å². The number of carboxylic acids is 1. The summed E-state index contributed by atoms with van der Waals surface area (Å²) in [5, 5.41) is 9.55. The Morgan fingerprint density at radius 3 is 1.60 bits per heavy atom. The summed E-state index contributed by atoms with van der Waals surface area (Å²) in [5.74, 6) is -1.48. The van der Waals surface area contributed by atoms with E-state index >= 15 is 0 Å². The molecular weight excluding hydrogens is 570 g/mol. The number of nitrogens with zero attached hydrogens (tertiary/aromatic N) is 1. The topological polar surface area (TPSA) is 99.1 Å². The second-order valence-electron chi connectivity index (χ2n) is 13.5. The lowest BCUT2D eigenvalue weighted by Gasteiger charge is -2.31. The number of unbranched alkanes of at least 4 members (excludes halogenated alkanes) is 16. The van der Waals surface area contributed by atoms with Crippen LogP contribution in [0.2, 0.25) is 0 Å². The van der Waals surface area contributed by atoms with Gasteiger partial charge in [0.15, 0.2) is 12.1 Å². The molecule has 8 nitrogen and oxygen atoms in total. The highest BCUT2D eigenvalue weighted by Crippen LogP contribution is 2.13. The molecule has 45 heavy (non-hydrogen) atoms. The molecule has 0 saturated carbocycles. The van der Waals surface area contributed by atoms with Crippen LogP contribution in [0.5, 0.6) is 0 Å². The Morgan fingerprint density at radius 1 is 0.644 bits per heavy atom. The smallest absolute Gasteiger partial charge is 0.362 e.